The van der Waals surface area contributed by atoms with Gasteiger partial charge in [0, 0.05) is 24.7 Å². The summed E-state index contributed by atoms with van der Waals surface area (Å²) in [7, 11) is 0. The van der Waals surface area contributed by atoms with Crippen LogP contribution in [0.2, 0.25) is 0 Å². The predicted octanol–water partition coefficient (Wildman–Crippen LogP) is 1.48. The van der Waals surface area contributed by atoms with Gasteiger partial charge in [0.15, 0.2) is 11.5 Å². The Morgan fingerprint density at radius 2 is 2.12 bits per heavy atom. The fourth-order valence-electron chi connectivity index (χ4n) is 3.75. The van der Waals surface area contributed by atoms with Crippen molar-refractivity contribution in [3.8, 4) is 11.5 Å². The van der Waals surface area contributed by atoms with Gasteiger partial charge in [-0.25, -0.2) is 0 Å². The van der Waals surface area contributed by atoms with Crippen LogP contribution in [-0.4, -0.2) is 52.8 Å². The van der Waals surface area contributed by atoms with Crippen molar-refractivity contribution in [1.82, 2.24) is 26.1 Å². The zero-order chi connectivity index (χ0) is 23.8. The van der Waals surface area contributed by atoms with Gasteiger partial charge in [0.1, 0.15) is 18.0 Å². The van der Waals surface area contributed by atoms with E-state index in [1.807, 2.05) is 13.8 Å². The van der Waals surface area contributed by atoms with E-state index in [2.05, 4.69) is 26.1 Å². The first-order chi connectivity index (χ1) is 15.9. The van der Waals surface area contributed by atoms with E-state index in [0.29, 0.717) is 37.1 Å². The lowest BCUT2D eigenvalue weighted by atomic mass is 9.91. The number of carbonyl (C=O) groups excluding carboxylic acids is 4. The van der Waals surface area contributed by atoms with E-state index >= 15 is 0 Å². The van der Waals surface area contributed by atoms with Gasteiger partial charge in [-0.05, 0) is 43.7 Å². The van der Waals surface area contributed by atoms with E-state index in [1.165, 1.54) is 6.07 Å². The summed E-state index contributed by atoms with van der Waals surface area (Å²) in [6, 6.07) is 5.03. The zero-order valence-electron chi connectivity index (χ0n) is 18.7. The highest BCUT2D eigenvalue weighted by Crippen LogP contribution is 2.19. The fraction of sp³-hybridized carbons (Fsp3) is 0.478. The van der Waals surface area contributed by atoms with Crippen molar-refractivity contribution >= 4 is 24.0 Å². The Bertz CT molecular complexity index is 975. The summed E-state index contributed by atoms with van der Waals surface area (Å²) in [6.07, 6.45) is 4.31. The molecule has 0 aliphatic carbocycles. The number of rotatable bonds is 10. The van der Waals surface area contributed by atoms with Crippen molar-refractivity contribution in [3.63, 3.8) is 0 Å². The molecule has 0 radical (unpaired) electrons. The highest BCUT2D eigenvalue weighted by molar-refractivity contribution is 5.97. The van der Waals surface area contributed by atoms with Crippen molar-refractivity contribution in [3.05, 3.63) is 36.2 Å². The van der Waals surface area contributed by atoms with E-state index in [0.717, 1.165) is 6.42 Å². The van der Waals surface area contributed by atoms with Gasteiger partial charge in [0.25, 0.3) is 5.91 Å². The molecule has 10 nitrogen and oxygen atoms in total. The van der Waals surface area contributed by atoms with Gasteiger partial charge in [-0.3, -0.25) is 19.4 Å². The first-order valence-corrected chi connectivity index (χ1v) is 11.1. The molecule has 176 valence electrons. The summed E-state index contributed by atoms with van der Waals surface area (Å²) in [5, 5.41) is 11.9. The molecule has 2 aromatic heterocycles. The van der Waals surface area contributed by atoms with Crippen LogP contribution in [-0.2, 0) is 14.4 Å². The summed E-state index contributed by atoms with van der Waals surface area (Å²) in [4.78, 5) is 53.4. The largest absolute Gasteiger partial charge is 0.356 e. The lowest BCUT2D eigenvalue weighted by molar-refractivity contribution is -0.129. The summed E-state index contributed by atoms with van der Waals surface area (Å²) < 4.78 is 5.21. The molecule has 1 saturated heterocycles. The average Bonchev–Trinajstić information content (AvgIpc) is 3.30. The van der Waals surface area contributed by atoms with Gasteiger partial charge in [-0.2, -0.15) is 0 Å². The van der Waals surface area contributed by atoms with E-state index in [-0.39, 0.29) is 29.9 Å². The lowest BCUT2D eigenvalue weighted by Crippen LogP contribution is -2.51. The molecular formula is C23H29N5O5. The molecule has 10 heteroatoms. The average molecular weight is 456 g/mol. The number of carbonyl (C=O) groups is 4. The number of nitrogens with zero attached hydrogens (tertiary/aromatic N) is 2. The van der Waals surface area contributed by atoms with Gasteiger partial charge < -0.3 is 25.3 Å². The van der Waals surface area contributed by atoms with Crippen LogP contribution in [0.5, 0.6) is 0 Å². The first-order valence-electron chi connectivity index (χ1n) is 11.1. The molecule has 3 heterocycles. The van der Waals surface area contributed by atoms with Crippen LogP contribution in [0.3, 0.4) is 0 Å². The van der Waals surface area contributed by atoms with E-state index in [4.69, 9.17) is 4.52 Å². The Hall–Kier alpha value is -3.56. The third-order valence-electron chi connectivity index (χ3n) is 5.42. The third-order valence-corrected chi connectivity index (χ3v) is 5.42. The second kappa shape index (κ2) is 11.3. The molecule has 0 bridgehead atoms. The zero-order valence-corrected chi connectivity index (χ0v) is 18.7. The fourth-order valence-corrected chi connectivity index (χ4v) is 3.75. The summed E-state index contributed by atoms with van der Waals surface area (Å²) in [5.74, 6) is -1.06. The van der Waals surface area contributed by atoms with Crippen LogP contribution < -0.4 is 16.0 Å². The molecule has 1 aliphatic heterocycles. The van der Waals surface area contributed by atoms with Crippen molar-refractivity contribution in [2.75, 3.05) is 6.54 Å². The molecule has 1 aliphatic rings. The standard InChI is InChI=1S/C23H29N5O5/c1-14(2)10-18(22(31)26-16(13-29)11-15-6-5-9-25-21(15)30)27-23(32)19-12-20(33-28-19)17-7-3-4-8-24-17/h3-4,7-8,12-16,18H,5-6,9-11H2,1-2H3,(H,25,30)(H,26,31)(H,27,32)/t15-,16-,18-/m0/s1. The normalized spacial score (nSPS) is 17.7. The van der Waals surface area contributed by atoms with Crippen molar-refractivity contribution in [2.24, 2.45) is 11.8 Å². The molecule has 3 rings (SSSR count). The van der Waals surface area contributed by atoms with Crippen LogP contribution in [0, 0.1) is 11.8 Å². The van der Waals surface area contributed by atoms with Gasteiger partial charge in [-0.1, -0.05) is 25.1 Å². The minimum Gasteiger partial charge on any atom is -0.356 e. The molecule has 2 aromatic rings. The topological polar surface area (TPSA) is 143 Å². The smallest absolute Gasteiger partial charge is 0.274 e. The molecule has 0 spiro atoms. The minimum absolute atomic E-state index is 0.0167. The van der Waals surface area contributed by atoms with Crippen LogP contribution in [0.1, 0.15) is 50.0 Å². The Labute approximate surface area is 191 Å². The highest BCUT2D eigenvalue weighted by atomic mass is 16.5. The monoisotopic (exact) mass is 455 g/mol. The highest BCUT2D eigenvalue weighted by Gasteiger charge is 2.29. The lowest BCUT2D eigenvalue weighted by Gasteiger charge is -2.26. The number of nitrogens with one attached hydrogen (secondary N) is 3. The van der Waals surface area contributed by atoms with E-state index in [9.17, 15) is 19.2 Å². The first kappa shape index (κ1) is 24.1. The summed E-state index contributed by atoms with van der Waals surface area (Å²) in [5.41, 5.74) is 0.545. The maximum Gasteiger partial charge on any atom is 0.274 e. The van der Waals surface area contributed by atoms with Gasteiger partial charge in [0.05, 0.1) is 6.04 Å². The summed E-state index contributed by atoms with van der Waals surface area (Å²) in [6.45, 7) is 4.47. The Balaban J connectivity index is 1.65. The molecule has 0 saturated carbocycles. The van der Waals surface area contributed by atoms with Crippen LogP contribution in [0.4, 0.5) is 0 Å². The molecule has 3 N–H and O–H groups in total. The number of aromatic nitrogens is 2. The maximum absolute atomic E-state index is 12.9. The second-order valence-corrected chi connectivity index (χ2v) is 8.56. The Morgan fingerprint density at radius 3 is 2.79 bits per heavy atom. The SMILES string of the molecule is CC(C)C[C@H](NC(=O)c1cc(-c2ccccn2)on1)C(=O)N[C@H](C=O)C[C@@H]1CCCNC1=O. The number of hydrogen-bond acceptors (Lipinski definition) is 7. The van der Waals surface area contributed by atoms with Crippen molar-refractivity contribution in [2.45, 2.75) is 51.6 Å². The molecule has 0 aromatic carbocycles. The molecule has 3 atom stereocenters. The molecule has 33 heavy (non-hydrogen) atoms. The van der Waals surface area contributed by atoms with Crippen LogP contribution >= 0.6 is 0 Å². The van der Waals surface area contributed by atoms with Crippen LogP contribution in [0.15, 0.2) is 35.0 Å². The van der Waals surface area contributed by atoms with E-state index < -0.39 is 23.9 Å². The Morgan fingerprint density at radius 1 is 1.30 bits per heavy atom. The van der Waals surface area contributed by atoms with E-state index in [1.54, 1.807) is 24.4 Å². The van der Waals surface area contributed by atoms with Gasteiger partial charge >= 0.3 is 0 Å². The predicted molar refractivity (Wildman–Crippen MR) is 119 cm³/mol. The van der Waals surface area contributed by atoms with Crippen molar-refractivity contribution in [1.29, 1.82) is 0 Å². The molecule has 0 unspecified atom stereocenters. The minimum atomic E-state index is -0.880. The van der Waals surface area contributed by atoms with Crippen LogP contribution in [0.25, 0.3) is 11.5 Å². The number of aldehydes is 1. The van der Waals surface area contributed by atoms with Gasteiger partial charge in [-0.15, -0.1) is 0 Å². The number of piperidine rings is 1. The Kier molecular flexibility index (Phi) is 8.28. The molecular weight excluding hydrogens is 426 g/mol. The second-order valence-electron chi connectivity index (χ2n) is 8.56. The van der Waals surface area contributed by atoms with Crippen molar-refractivity contribution < 1.29 is 23.7 Å². The summed E-state index contributed by atoms with van der Waals surface area (Å²) >= 11 is 0. The number of hydrogen-bond donors (Lipinski definition) is 3. The molecule has 1 fully saturated rings. The molecule has 3 amide bonds. The number of amides is 3. The third kappa shape index (κ3) is 6.71. The quantitative estimate of drug-likeness (QED) is 0.460. The van der Waals surface area contributed by atoms with Gasteiger partial charge in [0.2, 0.25) is 11.8 Å². The number of pyridine rings is 1. The maximum atomic E-state index is 12.9.